The molecule has 0 saturated carbocycles. The van der Waals surface area contributed by atoms with E-state index in [1.165, 1.54) is 6.40 Å². The molecule has 1 heterocycles. The molecular formula is C25H22N2O4. The van der Waals surface area contributed by atoms with Crippen LogP contribution in [-0.4, -0.2) is 27.2 Å². The van der Waals surface area contributed by atoms with Gasteiger partial charge in [0, 0.05) is 5.56 Å². The van der Waals surface area contributed by atoms with Gasteiger partial charge in [-0.05, 0) is 53.6 Å². The van der Waals surface area contributed by atoms with Crippen molar-refractivity contribution < 1.29 is 18.9 Å². The molecule has 0 saturated heterocycles. The number of fused-ring (bicyclic) bond motifs is 3. The van der Waals surface area contributed by atoms with Crippen molar-refractivity contribution in [2.75, 3.05) is 20.8 Å². The van der Waals surface area contributed by atoms with Gasteiger partial charge >= 0.3 is 0 Å². The van der Waals surface area contributed by atoms with Crippen LogP contribution in [0.5, 0.6) is 17.2 Å². The second kappa shape index (κ2) is 8.80. The number of hydrogen-bond donors (Lipinski definition) is 0. The topological polar surface area (TPSA) is 73.1 Å². The third-order valence-electron chi connectivity index (χ3n) is 5.23. The number of nitriles is 1. The van der Waals surface area contributed by atoms with E-state index in [-0.39, 0.29) is 11.8 Å². The number of methoxy groups -OCH3 is 2. The van der Waals surface area contributed by atoms with E-state index < -0.39 is 0 Å². The van der Waals surface area contributed by atoms with Crippen molar-refractivity contribution in [1.82, 2.24) is 0 Å². The molecule has 0 aromatic heterocycles. The predicted octanol–water partition coefficient (Wildman–Crippen LogP) is 5.18. The summed E-state index contributed by atoms with van der Waals surface area (Å²) in [7, 11) is 3.26. The number of rotatable bonds is 6. The molecule has 0 amide bonds. The van der Waals surface area contributed by atoms with Crippen molar-refractivity contribution in [2.45, 2.75) is 12.8 Å². The minimum absolute atomic E-state index is 0.228. The number of allylic oxidation sites excluding steroid dienone is 1. The normalized spacial score (nSPS) is 15.4. The molecule has 156 valence electrons. The Morgan fingerprint density at radius 3 is 2.42 bits per heavy atom. The Hall–Kier alpha value is -3.98. The summed E-state index contributed by atoms with van der Waals surface area (Å²) in [6.45, 7) is 2.34. The van der Waals surface area contributed by atoms with E-state index in [9.17, 15) is 5.26 Å². The largest absolute Gasteiger partial charge is 0.497 e. The van der Waals surface area contributed by atoms with Crippen LogP contribution in [0.2, 0.25) is 0 Å². The fraction of sp³-hybridized carbons (Fsp3) is 0.200. The smallest absolute Gasteiger partial charge is 0.236 e. The van der Waals surface area contributed by atoms with Crippen LogP contribution in [0.3, 0.4) is 0 Å². The average molecular weight is 414 g/mol. The first-order valence-electron chi connectivity index (χ1n) is 9.91. The molecule has 1 unspecified atom stereocenters. The SMILES string of the molecule is CCO/C=N/C1=C(C#N)C(c2ccc(OC)cc2)c2c(ccc3ccc(OC)cc23)O1. The summed E-state index contributed by atoms with van der Waals surface area (Å²) in [4.78, 5) is 4.29. The lowest BCUT2D eigenvalue weighted by atomic mass is 9.81. The molecular weight excluding hydrogens is 392 g/mol. The zero-order chi connectivity index (χ0) is 21.8. The molecule has 31 heavy (non-hydrogen) atoms. The Morgan fingerprint density at radius 1 is 1.03 bits per heavy atom. The van der Waals surface area contributed by atoms with Gasteiger partial charge in [0.05, 0.1) is 26.7 Å². The first kappa shape index (κ1) is 20.3. The van der Waals surface area contributed by atoms with E-state index in [1.54, 1.807) is 14.2 Å². The lowest BCUT2D eigenvalue weighted by molar-refractivity contribution is 0.336. The summed E-state index contributed by atoms with van der Waals surface area (Å²) < 4.78 is 22.1. The maximum absolute atomic E-state index is 10.1. The van der Waals surface area contributed by atoms with Gasteiger partial charge < -0.3 is 18.9 Å². The summed E-state index contributed by atoms with van der Waals surface area (Å²) in [6, 6.07) is 19.8. The molecule has 0 spiro atoms. The van der Waals surface area contributed by atoms with Crippen molar-refractivity contribution in [3.63, 3.8) is 0 Å². The van der Waals surface area contributed by atoms with Gasteiger partial charge in [-0.15, -0.1) is 0 Å². The first-order valence-corrected chi connectivity index (χ1v) is 9.91. The van der Waals surface area contributed by atoms with Gasteiger partial charge in [0.15, 0.2) is 6.40 Å². The van der Waals surface area contributed by atoms with Crippen LogP contribution in [-0.2, 0) is 4.74 Å². The molecule has 6 heteroatoms. The minimum atomic E-state index is -0.371. The highest BCUT2D eigenvalue weighted by atomic mass is 16.5. The first-order chi connectivity index (χ1) is 15.2. The zero-order valence-electron chi connectivity index (χ0n) is 17.6. The molecule has 1 aliphatic rings. The fourth-order valence-corrected chi connectivity index (χ4v) is 3.74. The minimum Gasteiger partial charge on any atom is -0.497 e. The number of benzene rings is 3. The summed E-state index contributed by atoms with van der Waals surface area (Å²) >= 11 is 0. The number of aliphatic imine (C=N–C) groups is 1. The molecule has 3 aromatic rings. The van der Waals surface area contributed by atoms with Crippen LogP contribution in [0.1, 0.15) is 24.0 Å². The predicted molar refractivity (Wildman–Crippen MR) is 119 cm³/mol. The van der Waals surface area contributed by atoms with Gasteiger partial charge in [-0.25, -0.2) is 0 Å². The van der Waals surface area contributed by atoms with Gasteiger partial charge in [-0.3, -0.25) is 0 Å². The molecule has 4 rings (SSSR count). The highest BCUT2D eigenvalue weighted by molar-refractivity contribution is 5.91. The summed E-state index contributed by atoms with van der Waals surface area (Å²) in [5.74, 6) is 1.98. The van der Waals surface area contributed by atoms with E-state index in [2.05, 4.69) is 11.1 Å². The van der Waals surface area contributed by atoms with Crippen molar-refractivity contribution in [1.29, 1.82) is 5.26 Å². The van der Waals surface area contributed by atoms with Gasteiger partial charge in [-0.1, -0.05) is 24.3 Å². The number of nitrogens with zero attached hydrogens (tertiary/aromatic N) is 2. The Labute approximate surface area is 181 Å². The third-order valence-corrected chi connectivity index (χ3v) is 5.23. The van der Waals surface area contributed by atoms with Crippen LogP contribution in [0, 0.1) is 11.3 Å². The van der Waals surface area contributed by atoms with E-state index >= 15 is 0 Å². The Bertz CT molecular complexity index is 1210. The van der Waals surface area contributed by atoms with Crippen LogP contribution in [0.15, 0.2) is 71.0 Å². The standard InChI is InChI=1S/C25H22N2O4/c1-4-30-15-27-25-21(14-26)23(17-6-9-18(28-2)10-7-17)24-20-13-19(29-3)11-5-16(20)8-12-22(24)31-25/h5-13,15,23H,4H2,1-3H3/b27-15+. The van der Waals surface area contributed by atoms with Gasteiger partial charge in [0.2, 0.25) is 5.88 Å². The second-order valence-electron chi connectivity index (χ2n) is 6.89. The highest BCUT2D eigenvalue weighted by Gasteiger charge is 2.33. The van der Waals surface area contributed by atoms with Gasteiger partial charge in [0.1, 0.15) is 28.9 Å². The number of hydrogen-bond acceptors (Lipinski definition) is 6. The maximum Gasteiger partial charge on any atom is 0.236 e. The van der Waals surface area contributed by atoms with Crippen molar-refractivity contribution in [3.8, 4) is 23.3 Å². The van der Waals surface area contributed by atoms with E-state index in [4.69, 9.17) is 18.9 Å². The Morgan fingerprint density at radius 2 is 1.74 bits per heavy atom. The third kappa shape index (κ3) is 3.78. The van der Waals surface area contributed by atoms with E-state index in [0.717, 1.165) is 33.4 Å². The average Bonchev–Trinajstić information content (AvgIpc) is 2.82. The molecule has 0 fully saturated rings. The molecule has 0 aliphatic carbocycles. The molecule has 0 N–H and O–H groups in total. The molecule has 6 nitrogen and oxygen atoms in total. The number of ether oxygens (including phenoxy) is 4. The van der Waals surface area contributed by atoms with Crippen LogP contribution < -0.4 is 14.2 Å². The Kier molecular flexibility index (Phi) is 5.76. The highest BCUT2D eigenvalue weighted by Crippen LogP contribution is 2.47. The van der Waals surface area contributed by atoms with Crippen LogP contribution >= 0.6 is 0 Å². The molecule has 0 bridgehead atoms. The second-order valence-corrected chi connectivity index (χ2v) is 6.89. The molecule has 3 aromatic carbocycles. The maximum atomic E-state index is 10.1. The van der Waals surface area contributed by atoms with Crippen LogP contribution in [0.25, 0.3) is 10.8 Å². The Balaban J connectivity index is 1.98. The van der Waals surface area contributed by atoms with Gasteiger partial charge in [0.25, 0.3) is 0 Å². The van der Waals surface area contributed by atoms with Gasteiger partial charge in [-0.2, -0.15) is 10.3 Å². The summed E-state index contributed by atoms with van der Waals surface area (Å²) in [5, 5.41) is 12.1. The van der Waals surface area contributed by atoms with E-state index in [1.807, 2.05) is 61.5 Å². The monoisotopic (exact) mass is 414 g/mol. The zero-order valence-corrected chi connectivity index (χ0v) is 17.6. The summed E-state index contributed by atoms with van der Waals surface area (Å²) in [6.07, 6.45) is 1.31. The molecule has 1 aliphatic heterocycles. The van der Waals surface area contributed by atoms with Crippen LogP contribution in [0.4, 0.5) is 0 Å². The van der Waals surface area contributed by atoms with E-state index in [0.29, 0.717) is 17.9 Å². The molecule has 1 atom stereocenters. The van der Waals surface area contributed by atoms with Crippen molar-refractivity contribution >= 4 is 17.2 Å². The van der Waals surface area contributed by atoms with Crippen molar-refractivity contribution in [2.24, 2.45) is 4.99 Å². The quantitative estimate of drug-likeness (QED) is 0.410. The molecule has 0 radical (unpaired) electrons. The fourth-order valence-electron chi connectivity index (χ4n) is 3.74. The van der Waals surface area contributed by atoms with Crippen molar-refractivity contribution in [3.05, 3.63) is 77.2 Å². The lowest BCUT2D eigenvalue weighted by Crippen LogP contribution is -2.16. The lowest BCUT2D eigenvalue weighted by Gasteiger charge is -2.28. The summed E-state index contributed by atoms with van der Waals surface area (Å²) in [5.41, 5.74) is 2.23.